The smallest absolute Gasteiger partial charge is 0.335 e. The van der Waals surface area contributed by atoms with Crippen molar-refractivity contribution in [2.45, 2.75) is 6.92 Å². The summed E-state index contributed by atoms with van der Waals surface area (Å²) in [6.45, 7) is 2.17. The Morgan fingerprint density at radius 2 is 1.70 bits per heavy atom. The van der Waals surface area contributed by atoms with Gasteiger partial charge in [-0.2, -0.15) is 0 Å². The Bertz CT molecular complexity index is 558. The number of allylic oxidation sites excluding steroid dienone is 7. The lowest BCUT2D eigenvalue weighted by Gasteiger charge is -2.12. The van der Waals surface area contributed by atoms with Gasteiger partial charge >= 0.3 is 5.97 Å². The topological polar surface area (TPSA) is 37.3 Å². The minimum absolute atomic E-state index is 0.316. The van der Waals surface area contributed by atoms with Crippen LogP contribution < -0.4 is 0 Å². The maximum Gasteiger partial charge on any atom is 0.335 e. The highest BCUT2D eigenvalue weighted by Gasteiger charge is 2.08. The van der Waals surface area contributed by atoms with E-state index in [0.717, 1.165) is 5.56 Å². The van der Waals surface area contributed by atoms with Gasteiger partial charge in [0, 0.05) is 5.92 Å². The second-order valence-electron chi connectivity index (χ2n) is 4.88. The van der Waals surface area contributed by atoms with Crippen LogP contribution in [-0.2, 0) is 0 Å². The number of rotatable bonds is 4. The van der Waals surface area contributed by atoms with E-state index in [1.54, 1.807) is 12.1 Å². The molecule has 2 rings (SSSR count). The zero-order chi connectivity index (χ0) is 14.4. The van der Waals surface area contributed by atoms with Crippen molar-refractivity contribution in [3.05, 3.63) is 77.9 Å². The van der Waals surface area contributed by atoms with Crippen molar-refractivity contribution in [1.82, 2.24) is 0 Å². The van der Waals surface area contributed by atoms with Gasteiger partial charge in [-0.3, -0.25) is 0 Å². The van der Waals surface area contributed by atoms with Crippen LogP contribution in [0.1, 0.15) is 22.8 Å². The highest BCUT2D eigenvalue weighted by molar-refractivity contribution is 5.87. The van der Waals surface area contributed by atoms with Gasteiger partial charge in [-0.25, -0.2) is 4.79 Å². The molecule has 0 heterocycles. The molecule has 1 unspecified atom stereocenters. The average molecular weight is 266 g/mol. The number of carboxylic acid groups (broad SMARTS) is 1. The van der Waals surface area contributed by atoms with Crippen LogP contribution in [-0.4, -0.2) is 11.1 Å². The Labute approximate surface area is 119 Å². The van der Waals surface area contributed by atoms with Gasteiger partial charge in [-0.05, 0) is 23.6 Å². The molecule has 1 aliphatic rings. The van der Waals surface area contributed by atoms with Crippen molar-refractivity contribution in [2.24, 2.45) is 11.8 Å². The van der Waals surface area contributed by atoms with E-state index in [-0.39, 0.29) is 0 Å². The second-order valence-corrected chi connectivity index (χ2v) is 4.88. The molecule has 20 heavy (non-hydrogen) atoms. The van der Waals surface area contributed by atoms with Crippen LogP contribution in [0, 0.1) is 11.8 Å². The fourth-order valence-electron chi connectivity index (χ4n) is 2.06. The van der Waals surface area contributed by atoms with Crippen molar-refractivity contribution in [1.29, 1.82) is 0 Å². The van der Waals surface area contributed by atoms with Crippen molar-refractivity contribution >= 4 is 12.0 Å². The summed E-state index contributed by atoms with van der Waals surface area (Å²) in [6, 6.07) is 6.91. The third kappa shape index (κ3) is 3.82. The number of hydrogen-bond acceptors (Lipinski definition) is 1. The van der Waals surface area contributed by atoms with E-state index >= 15 is 0 Å². The first-order chi connectivity index (χ1) is 9.66. The summed E-state index contributed by atoms with van der Waals surface area (Å²) >= 11 is 0. The average Bonchev–Trinajstić information content (AvgIpc) is 2.74. The number of carbonyl (C=O) groups is 1. The van der Waals surface area contributed by atoms with Gasteiger partial charge in [-0.1, -0.05) is 67.7 Å². The summed E-state index contributed by atoms with van der Waals surface area (Å²) in [5.74, 6) is -0.115. The quantitative estimate of drug-likeness (QED) is 0.880. The summed E-state index contributed by atoms with van der Waals surface area (Å²) in [6.07, 6.45) is 16.7. The lowest BCUT2D eigenvalue weighted by Crippen LogP contribution is -2.02. The predicted octanol–water partition coefficient (Wildman–Crippen LogP) is 4.33. The maximum absolute atomic E-state index is 10.8. The van der Waals surface area contributed by atoms with Crippen molar-refractivity contribution in [2.75, 3.05) is 0 Å². The summed E-state index contributed by atoms with van der Waals surface area (Å²) in [4.78, 5) is 10.8. The van der Waals surface area contributed by atoms with Crippen molar-refractivity contribution in [3.8, 4) is 0 Å². The minimum atomic E-state index is -0.893. The van der Waals surface area contributed by atoms with E-state index in [2.05, 4.69) is 37.3 Å². The molecule has 0 fully saturated rings. The molecule has 0 amide bonds. The fraction of sp³-hybridized carbons (Fsp3) is 0.167. The first-order valence-corrected chi connectivity index (χ1v) is 6.70. The Balaban J connectivity index is 2.03. The van der Waals surface area contributed by atoms with E-state index in [1.165, 1.54) is 0 Å². The molecule has 1 aromatic carbocycles. The largest absolute Gasteiger partial charge is 0.478 e. The first kappa shape index (κ1) is 14.1. The lowest BCUT2D eigenvalue weighted by atomic mass is 9.92. The van der Waals surface area contributed by atoms with Gasteiger partial charge in [0.2, 0.25) is 0 Å². The monoisotopic (exact) mass is 266 g/mol. The molecule has 1 aliphatic carbocycles. The Morgan fingerprint density at radius 3 is 2.25 bits per heavy atom. The van der Waals surface area contributed by atoms with Crippen LogP contribution >= 0.6 is 0 Å². The van der Waals surface area contributed by atoms with Crippen LogP contribution in [0.5, 0.6) is 0 Å². The second kappa shape index (κ2) is 6.71. The van der Waals surface area contributed by atoms with Gasteiger partial charge in [0.25, 0.3) is 0 Å². The van der Waals surface area contributed by atoms with Crippen LogP contribution in [0.25, 0.3) is 6.08 Å². The molecule has 0 saturated carbocycles. The number of carboxylic acids is 1. The molecule has 0 saturated heterocycles. The molecule has 0 spiro atoms. The third-order valence-electron chi connectivity index (χ3n) is 3.36. The van der Waals surface area contributed by atoms with E-state index in [4.69, 9.17) is 5.11 Å². The predicted molar refractivity (Wildman–Crippen MR) is 82.5 cm³/mol. The zero-order valence-electron chi connectivity index (χ0n) is 11.4. The van der Waals surface area contributed by atoms with Gasteiger partial charge in [-0.15, -0.1) is 0 Å². The number of aromatic carboxylic acids is 1. The van der Waals surface area contributed by atoms with E-state index in [1.807, 2.05) is 30.4 Å². The van der Waals surface area contributed by atoms with Gasteiger partial charge in [0.1, 0.15) is 0 Å². The summed E-state index contributed by atoms with van der Waals surface area (Å²) in [5, 5.41) is 8.85. The number of benzene rings is 1. The third-order valence-corrected chi connectivity index (χ3v) is 3.36. The molecule has 1 atom stereocenters. The SMILES string of the molecule is CC(/C=C/c1ccc(C(=O)O)cc1)C1C=CC=CC=C1. The Kier molecular flexibility index (Phi) is 4.72. The maximum atomic E-state index is 10.8. The molecule has 0 bridgehead atoms. The Hall–Kier alpha value is -2.35. The summed E-state index contributed by atoms with van der Waals surface area (Å²) in [5.41, 5.74) is 1.33. The molecular weight excluding hydrogens is 248 g/mol. The first-order valence-electron chi connectivity index (χ1n) is 6.70. The van der Waals surface area contributed by atoms with E-state index < -0.39 is 5.97 Å². The van der Waals surface area contributed by atoms with Crippen molar-refractivity contribution < 1.29 is 9.90 Å². The van der Waals surface area contributed by atoms with Crippen molar-refractivity contribution in [3.63, 3.8) is 0 Å². The molecular formula is C18H18O2. The molecule has 1 aromatic rings. The highest BCUT2D eigenvalue weighted by Crippen LogP contribution is 2.19. The summed E-state index contributed by atoms with van der Waals surface area (Å²) in [7, 11) is 0. The van der Waals surface area contributed by atoms with E-state index in [0.29, 0.717) is 17.4 Å². The van der Waals surface area contributed by atoms with Gasteiger partial charge in [0.05, 0.1) is 5.56 Å². The Morgan fingerprint density at radius 1 is 1.10 bits per heavy atom. The van der Waals surface area contributed by atoms with Gasteiger partial charge < -0.3 is 5.11 Å². The van der Waals surface area contributed by atoms with Crippen LogP contribution in [0.4, 0.5) is 0 Å². The zero-order valence-corrected chi connectivity index (χ0v) is 11.4. The van der Waals surface area contributed by atoms with E-state index in [9.17, 15) is 4.79 Å². The molecule has 2 heteroatoms. The molecule has 1 N–H and O–H groups in total. The molecule has 102 valence electrons. The normalized spacial score (nSPS) is 16.4. The molecule has 0 aliphatic heterocycles. The van der Waals surface area contributed by atoms with Crippen LogP contribution in [0.15, 0.2) is 66.8 Å². The van der Waals surface area contributed by atoms with Gasteiger partial charge in [0.15, 0.2) is 0 Å². The molecule has 2 nitrogen and oxygen atoms in total. The minimum Gasteiger partial charge on any atom is -0.478 e. The molecule has 0 aromatic heterocycles. The van der Waals surface area contributed by atoms with Crippen LogP contribution in [0.3, 0.4) is 0 Å². The standard InChI is InChI=1S/C18H18O2/c1-14(16-6-4-2-3-5-7-16)8-9-15-10-12-17(13-11-15)18(19)20/h2-14,16H,1H3,(H,19,20)/b9-8+. The molecule has 0 radical (unpaired) electrons. The summed E-state index contributed by atoms with van der Waals surface area (Å²) < 4.78 is 0. The lowest BCUT2D eigenvalue weighted by molar-refractivity contribution is 0.0697. The van der Waals surface area contributed by atoms with Crippen LogP contribution in [0.2, 0.25) is 0 Å². The highest BCUT2D eigenvalue weighted by atomic mass is 16.4. The fourth-order valence-corrected chi connectivity index (χ4v) is 2.06. The number of hydrogen-bond donors (Lipinski definition) is 1.